The van der Waals surface area contributed by atoms with Gasteiger partial charge in [-0.2, -0.15) is 0 Å². The van der Waals surface area contributed by atoms with Crippen LogP contribution >= 0.6 is 11.8 Å². The zero-order chi connectivity index (χ0) is 20.8. The molecule has 3 aromatic rings. The number of aromatic nitrogens is 3. The summed E-state index contributed by atoms with van der Waals surface area (Å²) in [6.45, 7) is 4.30. The Morgan fingerprint density at radius 1 is 1.07 bits per heavy atom. The van der Waals surface area contributed by atoms with Crippen LogP contribution < -0.4 is 14.8 Å². The van der Waals surface area contributed by atoms with Crippen LogP contribution in [0.2, 0.25) is 0 Å². The summed E-state index contributed by atoms with van der Waals surface area (Å²) in [5.74, 6) is 2.33. The van der Waals surface area contributed by atoms with E-state index >= 15 is 0 Å². The second-order valence-electron chi connectivity index (χ2n) is 6.64. The average molecular weight is 413 g/mol. The Bertz CT molecular complexity index is 966. The number of aryl methyl sites for hydroxylation is 2. The molecule has 8 heteroatoms. The van der Waals surface area contributed by atoms with Crippen molar-refractivity contribution in [3.05, 3.63) is 59.4 Å². The van der Waals surface area contributed by atoms with Gasteiger partial charge >= 0.3 is 0 Å². The van der Waals surface area contributed by atoms with Gasteiger partial charge in [0.2, 0.25) is 5.91 Å². The maximum absolute atomic E-state index is 12.3. The number of anilines is 1. The van der Waals surface area contributed by atoms with Crippen molar-refractivity contribution in [3.8, 4) is 11.5 Å². The first-order valence-electron chi connectivity index (χ1n) is 9.10. The second kappa shape index (κ2) is 9.47. The minimum Gasteiger partial charge on any atom is -0.497 e. The van der Waals surface area contributed by atoms with E-state index in [-0.39, 0.29) is 18.3 Å². The van der Waals surface area contributed by atoms with Gasteiger partial charge in [-0.25, -0.2) is 0 Å². The van der Waals surface area contributed by atoms with E-state index in [1.807, 2.05) is 61.9 Å². The third kappa shape index (κ3) is 5.74. The van der Waals surface area contributed by atoms with Gasteiger partial charge in [0.15, 0.2) is 11.0 Å². The highest BCUT2D eigenvalue weighted by Gasteiger charge is 2.12. The molecule has 0 spiro atoms. The minimum absolute atomic E-state index is 0.0842. The molecule has 29 heavy (non-hydrogen) atoms. The fraction of sp³-hybridized carbons (Fsp3) is 0.286. The molecule has 1 amide bonds. The van der Waals surface area contributed by atoms with Gasteiger partial charge in [-0.1, -0.05) is 17.8 Å². The lowest BCUT2D eigenvalue weighted by Gasteiger charge is -2.08. The van der Waals surface area contributed by atoms with Crippen LogP contribution in [0.3, 0.4) is 0 Å². The molecule has 1 aromatic heterocycles. The number of amides is 1. The molecule has 7 nitrogen and oxygen atoms in total. The summed E-state index contributed by atoms with van der Waals surface area (Å²) < 4.78 is 12.7. The molecule has 0 saturated carbocycles. The number of hydrogen-bond acceptors (Lipinski definition) is 6. The number of benzene rings is 2. The van der Waals surface area contributed by atoms with Gasteiger partial charge in [-0.05, 0) is 61.4 Å². The highest BCUT2D eigenvalue weighted by Crippen LogP contribution is 2.20. The van der Waals surface area contributed by atoms with E-state index in [0.717, 1.165) is 28.3 Å². The number of nitrogens with one attached hydrogen (secondary N) is 1. The largest absolute Gasteiger partial charge is 0.497 e. The van der Waals surface area contributed by atoms with E-state index < -0.39 is 0 Å². The molecule has 2 aromatic carbocycles. The number of carbonyl (C=O) groups excluding carboxylic acids is 1. The third-order valence-electron chi connectivity index (χ3n) is 4.19. The van der Waals surface area contributed by atoms with Crippen molar-refractivity contribution in [2.45, 2.75) is 25.6 Å². The molecule has 3 rings (SSSR count). The normalized spacial score (nSPS) is 10.6. The Labute approximate surface area is 174 Å². The van der Waals surface area contributed by atoms with Crippen molar-refractivity contribution >= 4 is 23.4 Å². The number of carbonyl (C=O) groups is 1. The van der Waals surface area contributed by atoms with Crippen molar-refractivity contribution in [2.24, 2.45) is 7.05 Å². The predicted molar refractivity (Wildman–Crippen MR) is 114 cm³/mol. The first kappa shape index (κ1) is 20.7. The number of methoxy groups -OCH3 is 1. The second-order valence-corrected chi connectivity index (χ2v) is 7.58. The molecule has 0 bridgehead atoms. The summed E-state index contributed by atoms with van der Waals surface area (Å²) in [5, 5.41) is 11.9. The highest BCUT2D eigenvalue weighted by atomic mass is 32.2. The third-order valence-corrected chi connectivity index (χ3v) is 5.21. The van der Waals surface area contributed by atoms with Crippen molar-refractivity contribution in [1.82, 2.24) is 14.8 Å². The molecular weight excluding hydrogens is 388 g/mol. The molecule has 0 aliphatic rings. The summed E-state index contributed by atoms with van der Waals surface area (Å²) in [7, 11) is 3.48. The van der Waals surface area contributed by atoms with E-state index in [1.165, 1.54) is 11.8 Å². The molecule has 1 N–H and O–H groups in total. The van der Waals surface area contributed by atoms with Crippen LogP contribution in [0.4, 0.5) is 5.69 Å². The summed E-state index contributed by atoms with van der Waals surface area (Å²) in [6.07, 6.45) is 0. The molecule has 0 radical (unpaired) electrons. The Hall–Kier alpha value is -3.00. The van der Waals surface area contributed by atoms with Crippen LogP contribution in [0.15, 0.2) is 47.6 Å². The summed E-state index contributed by atoms with van der Waals surface area (Å²) >= 11 is 1.34. The van der Waals surface area contributed by atoms with Crippen molar-refractivity contribution in [1.29, 1.82) is 0 Å². The molecule has 0 aliphatic heterocycles. The number of nitrogens with zero attached hydrogens (tertiary/aromatic N) is 3. The number of rotatable bonds is 8. The zero-order valence-electron chi connectivity index (χ0n) is 16.9. The number of thioether (sulfide) groups is 1. The molecule has 0 saturated heterocycles. The van der Waals surface area contributed by atoms with Crippen LogP contribution in [0.5, 0.6) is 11.5 Å². The van der Waals surface area contributed by atoms with Gasteiger partial charge in [0.25, 0.3) is 0 Å². The van der Waals surface area contributed by atoms with E-state index in [4.69, 9.17) is 9.47 Å². The minimum atomic E-state index is -0.0842. The van der Waals surface area contributed by atoms with Crippen molar-refractivity contribution in [3.63, 3.8) is 0 Å². The van der Waals surface area contributed by atoms with Crippen LogP contribution in [0.1, 0.15) is 17.0 Å². The van der Waals surface area contributed by atoms with Crippen LogP contribution in [0.25, 0.3) is 0 Å². The van der Waals surface area contributed by atoms with E-state index in [9.17, 15) is 4.79 Å². The average Bonchev–Trinajstić information content (AvgIpc) is 3.04. The Balaban J connectivity index is 1.52. The Morgan fingerprint density at radius 2 is 1.72 bits per heavy atom. The van der Waals surface area contributed by atoms with Gasteiger partial charge in [-0.15, -0.1) is 10.2 Å². The smallest absolute Gasteiger partial charge is 0.234 e. The maximum Gasteiger partial charge on any atom is 0.234 e. The summed E-state index contributed by atoms with van der Waals surface area (Å²) in [5.41, 5.74) is 3.03. The van der Waals surface area contributed by atoms with E-state index in [1.54, 1.807) is 7.11 Å². The SMILES string of the molecule is COc1ccc(OCc2nnc(SCC(=O)Nc3cc(C)cc(C)c3)n2C)cc1. The molecule has 0 aliphatic carbocycles. The first-order valence-corrected chi connectivity index (χ1v) is 10.1. The highest BCUT2D eigenvalue weighted by molar-refractivity contribution is 7.99. The van der Waals surface area contributed by atoms with E-state index in [0.29, 0.717) is 11.0 Å². The van der Waals surface area contributed by atoms with Crippen LogP contribution in [-0.2, 0) is 18.4 Å². The predicted octanol–water partition coefficient (Wildman–Crippen LogP) is 3.75. The monoisotopic (exact) mass is 412 g/mol. The van der Waals surface area contributed by atoms with Gasteiger partial charge in [0, 0.05) is 12.7 Å². The van der Waals surface area contributed by atoms with Gasteiger partial charge in [0.1, 0.15) is 18.1 Å². The molecule has 1 heterocycles. The lowest BCUT2D eigenvalue weighted by Crippen LogP contribution is -2.14. The van der Waals surface area contributed by atoms with Crippen molar-refractivity contribution in [2.75, 3.05) is 18.2 Å². The quantitative estimate of drug-likeness (QED) is 0.568. The summed E-state index contributed by atoms with van der Waals surface area (Å²) in [4.78, 5) is 12.3. The molecule has 0 fully saturated rings. The van der Waals surface area contributed by atoms with E-state index in [2.05, 4.69) is 21.6 Å². The van der Waals surface area contributed by atoms with Crippen molar-refractivity contribution < 1.29 is 14.3 Å². The zero-order valence-corrected chi connectivity index (χ0v) is 17.7. The number of hydrogen-bond donors (Lipinski definition) is 1. The Morgan fingerprint density at radius 3 is 2.38 bits per heavy atom. The topological polar surface area (TPSA) is 78.3 Å². The van der Waals surface area contributed by atoms with Crippen LogP contribution in [-0.4, -0.2) is 33.5 Å². The molecular formula is C21H24N4O3S. The molecule has 0 unspecified atom stereocenters. The molecule has 152 valence electrons. The lowest BCUT2D eigenvalue weighted by atomic mass is 10.1. The fourth-order valence-corrected chi connectivity index (χ4v) is 3.52. The van der Waals surface area contributed by atoms with Gasteiger partial charge < -0.3 is 19.4 Å². The lowest BCUT2D eigenvalue weighted by molar-refractivity contribution is -0.113. The Kier molecular flexibility index (Phi) is 6.77. The number of ether oxygens (including phenoxy) is 2. The van der Waals surface area contributed by atoms with Gasteiger partial charge in [-0.3, -0.25) is 4.79 Å². The fourth-order valence-electron chi connectivity index (χ4n) is 2.79. The molecule has 0 atom stereocenters. The standard InChI is InChI=1S/C21H24N4O3S/c1-14-9-15(2)11-16(10-14)22-20(26)13-29-21-24-23-19(25(21)3)12-28-18-7-5-17(27-4)6-8-18/h5-11H,12-13H2,1-4H3,(H,22,26). The first-order chi connectivity index (χ1) is 13.9. The van der Waals surface area contributed by atoms with Gasteiger partial charge in [0.05, 0.1) is 12.9 Å². The van der Waals surface area contributed by atoms with Crippen LogP contribution in [0, 0.1) is 13.8 Å². The maximum atomic E-state index is 12.3. The summed E-state index contributed by atoms with van der Waals surface area (Å²) in [6, 6.07) is 13.3.